The minimum Gasteiger partial charge on any atom is -0.292 e. The first-order valence-corrected chi connectivity index (χ1v) is 3.37. The molecule has 0 atom stereocenters. The molecular weight excluding hydrogens is 166 g/mol. The maximum absolute atomic E-state index is 10.8. The van der Waals surface area contributed by atoms with Gasteiger partial charge in [0.05, 0.1) is 0 Å². The zero-order valence-corrected chi connectivity index (χ0v) is 6.17. The summed E-state index contributed by atoms with van der Waals surface area (Å²) in [4.78, 5) is 17.2. The fraction of sp³-hybridized carbons (Fsp3) is 0. The van der Waals surface area contributed by atoms with Gasteiger partial charge in [0.25, 0.3) is 5.56 Å². The average Bonchev–Trinajstić information content (AvgIpc) is 2.34. The number of aromatic nitrogens is 3. The largest absolute Gasteiger partial charge is 0.292 e. The van der Waals surface area contributed by atoms with Crippen molar-refractivity contribution in [1.29, 1.82) is 0 Å². The molecule has 0 saturated carbocycles. The van der Waals surface area contributed by atoms with Crippen molar-refractivity contribution in [3.8, 4) is 0 Å². The smallest absolute Gasteiger partial charge is 0.253 e. The summed E-state index contributed by atoms with van der Waals surface area (Å²) in [5.41, 5.74) is -0.242. The lowest BCUT2D eigenvalue weighted by molar-refractivity contribution is 1.08. The van der Waals surface area contributed by atoms with E-state index in [1.165, 1.54) is 6.07 Å². The summed E-state index contributed by atoms with van der Waals surface area (Å²) >= 11 is 5.71. The van der Waals surface area contributed by atoms with Crippen molar-refractivity contribution in [2.75, 3.05) is 0 Å². The predicted octanol–water partition coefficient (Wildman–Crippen LogP) is 0.676. The molecule has 0 radical (unpaired) electrons. The van der Waals surface area contributed by atoms with Crippen LogP contribution in [0.2, 0.25) is 5.15 Å². The molecule has 4 nitrogen and oxygen atoms in total. The molecule has 0 aliphatic rings. The zero-order chi connectivity index (χ0) is 7.84. The van der Waals surface area contributed by atoms with Gasteiger partial charge < -0.3 is 0 Å². The van der Waals surface area contributed by atoms with Gasteiger partial charge in [-0.05, 0) is 0 Å². The van der Waals surface area contributed by atoms with Crippen LogP contribution in [-0.2, 0) is 0 Å². The number of hydrogen-bond acceptors (Lipinski definition) is 2. The summed E-state index contributed by atoms with van der Waals surface area (Å²) in [6.07, 6.45) is 3.24. The van der Waals surface area contributed by atoms with Crippen LogP contribution in [0, 0.1) is 0 Å². The van der Waals surface area contributed by atoms with Crippen LogP contribution < -0.4 is 5.56 Å². The van der Waals surface area contributed by atoms with E-state index in [0.717, 1.165) is 0 Å². The van der Waals surface area contributed by atoms with Crippen molar-refractivity contribution < 1.29 is 0 Å². The second-order valence-corrected chi connectivity index (χ2v) is 2.46. The lowest BCUT2D eigenvalue weighted by Crippen LogP contribution is -2.06. The average molecular weight is 170 g/mol. The molecule has 11 heavy (non-hydrogen) atoms. The van der Waals surface area contributed by atoms with Crippen LogP contribution in [-0.4, -0.2) is 14.4 Å². The van der Waals surface area contributed by atoms with Crippen molar-refractivity contribution in [1.82, 2.24) is 14.4 Å². The van der Waals surface area contributed by atoms with Crippen LogP contribution in [0.3, 0.4) is 0 Å². The number of rotatable bonds is 0. The molecule has 0 bridgehead atoms. The van der Waals surface area contributed by atoms with Gasteiger partial charge in [0.1, 0.15) is 5.15 Å². The fourth-order valence-corrected chi connectivity index (χ4v) is 1.13. The number of aromatic amines is 1. The number of fused-ring (bicyclic) bond motifs is 1. The Morgan fingerprint density at radius 2 is 2.45 bits per heavy atom. The molecule has 2 aromatic heterocycles. The van der Waals surface area contributed by atoms with Gasteiger partial charge in [-0.1, -0.05) is 11.6 Å². The standard InChI is InChI=1S/C6H4ClN3O/c7-4-3-5(11)9-6-8-1-2-10(4)6/h1-3H,(H,8,9,11). The van der Waals surface area contributed by atoms with E-state index in [9.17, 15) is 4.79 Å². The van der Waals surface area contributed by atoms with E-state index < -0.39 is 0 Å². The van der Waals surface area contributed by atoms with E-state index in [2.05, 4.69) is 9.97 Å². The van der Waals surface area contributed by atoms with E-state index in [1.807, 2.05) is 0 Å². The van der Waals surface area contributed by atoms with Crippen LogP contribution in [0.25, 0.3) is 5.78 Å². The molecule has 0 aliphatic heterocycles. The normalized spacial score (nSPS) is 10.6. The van der Waals surface area contributed by atoms with Gasteiger partial charge >= 0.3 is 0 Å². The van der Waals surface area contributed by atoms with Crippen molar-refractivity contribution in [2.24, 2.45) is 0 Å². The Balaban J connectivity index is 3.02. The van der Waals surface area contributed by atoms with Gasteiger partial charge in [-0.25, -0.2) is 4.98 Å². The van der Waals surface area contributed by atoms with Crippen molar-refractivity contribution in [3.63, 3.8) is 0 Å². The summed E-state index contributed by atoms with van der Waals surface area (Å²) in [6.45, 7) is 0. The van der Waals surface area contributed by atoms with Crippen LogP contribution in [0.15, 0.2) is 23.3 Å². The van der Waals surface area contributed by atoms with Crippen molar-refractivity contribution >= 4 is 17.4 Å². The lowest BCUT2D eigenvalue weighted by Gasteiger charge is -1.93. The monoisotopic (exact) mass is 169 g/mol. The molecule has 0 aliphatic carbocycles. The minimum absolute atomic E-state index is 0.242. The third-order valence-corrected chi connectivity index (χ3v) is 1.65. The molecule has 0 saturated heterocycles. The molecule has 2 heterocycles. The van der Waals surface area contributed by atoms with Crippen molar-refractivity contribution in [2.45, 2.75) is 0 Å². The van der Waals surface area contributed by atoms with Gasteiger partial charge in [-0.2, -0.15) is 0 Å². The van der Waals surface area contributed by atoms with Gasteiger partial charge in [-0.3, -0.25) is 14.2 Å². The van der Waals surface area contributed by atoms with Crippen LogP contribution in [0.1, 0.15) is 0 Å². The van der Waals surface area contributed by atoms with Gasteiger partial charge in [0, 0.05) is 18.5 Å². The third kappa shape index (κ3) is 0.914. The Bertz CT molecular complexity index is 444. The molecule has 2 rings (SSSR count). The quantitative estimate of drug-likeness (QED) is 0.590. The van der Waals surface area contributed by atoms with E-state index in [0.29, 0.717) is 10.9 Å². The number of imidazole rings is 1. The van der Waals surface area contributed by atoms with Crippen molar-refractivity contribution in [3.05, 3.63) is 34.0 Å². The molecule has 1 N–H and O–H groups in total. The molecule has 2 aromatic rings. The van der Waals surface area contributed by atoms with Gasteiger partial charge in [-0.15, -0.1) is 0 Å². The molecular formula is C6H4ClN3O. The molecule has 56 valence electrons. The highest BCUT2D eigenvalue weighted by molar-refractivity contribution is 6.29. The second kappa shape index (κ2) is 2.10. The Morgan fingerprint density at radius 3 is 3.27 bits per heavy atom. The number of nitrogens with zero attached hydrogens (tertiary/aromatic N) is 2. The van der Waals surface area contributed by atoms with E-state index in [-0.39, 0.29) is 5.56 Å². The molecule has 5 heteroatoms. The topological polar surface area (TPSA) is 50.2 Å². The molecule has 0 spiro atoms. The third-order valence-electron chi connectivity index (χ3n) is 1.36. The van der Waals surface area contributed by atoms with Crippen LogP contribution in [0.5, 0.6) is 0 Å². The van der Waals surface area contributed by atoms with E-state index >= 15 is 0 Å². The highest BCUT2D eigenvalue weighted by Gasteiger charge is 1.98. The van der Waals surface area contributed by atoms with E-state index in [1.54, 1.807) is 16.8 Å². The van der Waals surface area contributed by atoms with E-state index in [4.69, 9.17) is 11.6 Å². The highest BCUT2D eigenvalue weighted by atomic mass is 35.5. The first-order chi connectivity index (χ1) is 5.27. The number of nitrogens with one attached hydrogen (secondary N) is 1. The Kier molecular flexibility index (Phi) is 1.22. The Hall–Kier alpha value is -1.29. The molecule has 0 aromatic carbocycles. The maximum atomic E-state index is 10.8. The van der Waals surface area contributed by atoms with Gasteiger partial charge in [0.2, 0.25) is 5.78 Å². The minimum atomic E-state index is -0.242. The van der Waals surface area contributed by atoms with Crippen LogP contribution in [0.4, 0.5) is 0 Å². The first-order valence-electron chi connectivity index (χ1n) is 2.99. The van der Waals surface area contributed by atoms with Gasteiger partial charge in [0.15, 0.2) is 0 Å². The van der Waals surface area contributed by atoms with Crippen LogP contribution >= 0.6 is 11.6 Å². The first kappa shape index (κ1) is 6.42. The summed E-state index contributed by atoms with van der Waals surface area (Å²) in [5, 5.41) is 0.362. The molecule has 0 amide bonds. The zero-order valence-electron chi connectivity index (χ0n) is 5.41. The number of hydrogen-bond donors (Lipinski definition) is 1. The predicted molar refractivity (Wildman–Crippen MR) is 40.8 cm³/mol. The Morgan fingerprint density at radius 1 is 1.64 bits per heavy atom. The fourth-order valence-electron chi connectivity index (χ4n) is 0.892. The highest BCUT2D eigenvalue weighted by Crippen LogP contribution is 2.05. The Labute approximate surface area is 66.5 Å². The summed E-state index contributed by atoms with van der Waals surface area (Å²) in [7, 11) is 0. The summed E-state index contributed by atoms with van der Waals surface area (Å²) in [5.74, 6) is 0.461. The maximum Gasteiger partial charge on any atom is 0.253 e. The number of H-pyrrole nitrogens is 1. The molecule has 0 unspecified atom stereocenters. The summed E-state index contributed by atoms with van der Waals surface area (Å²) in [6, 6.07) is 1.30. The summed E-state index contributed by atoms with van der Waals surface area (Å²) < 4.78 is 1.59. The molecule has 0 fully saturated rings. The lowest BCUT2D eigenvalue weighted by atomic mass is 10.6. The SMILES string of the molecule is O=c1cc(Cl)n2ccnc2[nH]1. The number of halogens is 1. The second-order valence-electron chi connectivity index (χ2n) is 2.08.